The van der Waals surface area contributed by atoms with E-state index in [2.05, 4.69) is 15.3 Å². The van der Waals surface area contributed by atoms with Crippen molar-refractivity contribution < 1.29 is 14.3 Å². The molecule has 2 aromatic heterocycles. The average molecular weight is 412 g/mol. The van der Waals surface area contributed by atoms with Crippen LogP contribution in [0, 0.1) is 5.92 Å². The van der Waals surface area contributed by atoms with Crippen LogP contribution in [-0.2, 0) is 11.3 Å². The van der Waals surface area contributed by atoms with Crippen molar-refractivity contribution in [2.75, 3.05) is 17.9 Å². The first-order valence-electron chi connectivity index (χ1n) is 9.19. The zero-order valence-corrected chi connectivity index (χ0v) is 16.9. The summed E-state index contributed by atoms with van der Waals surface area (Å²) in [6, 6.07) is 8.66. The van der Waals surface area contributed by atoms with Gasteiger partial charge in [0.05, 0.1) is 11.1 Å². The first-order valence-corrected chi connectivity index (χ1v) is 10.2. The Bertz CT molecular complexity index is 1130. The number of nitrogens with zero attached hydrogens (tertiary/aromatic N) is 3. The van der Waals surface area contributed by atoms with Gasteiger partial charge >= 0.3 is 0 Å². The molecule has 0 aliphatic carbocycles. The van der Waals surface area contributed by atoms with Gasteiger partial charge in [0.2, 0.25) is 12.7 Å². The van der Waals surface area contributed by atoms with Crippen LogP contribution in [0.15, 0.2) is 46.5 Å². The van der Waals surface area contributed by atoms with E-state index in [0.717, 1.165) is 0 Å². The molecule has 8 nitrogen and oxygen atoms in total. The number of carbonyl (C=O) groups excluding carboxylic acids is 1. The molecule has 1 amide bonds. The van der Waals surface area contributed by atoms with Crippen LogP contribution in [0.1, 0.15) is 13.8 Å². The third-order valence-corrected chi connectivity index (χ3v) is 5.21. The van der Waals surface area contributed by atoms with Crippen molar-refractivity contribution in [3.05, 3.63) is 46.9 Å². The van der Waals surface area contributed by atoms with Gasteiger partial charge in [0.15, 0.2) is 22.3 Å². The molecule has 0 radical (unpaired) electrons. The predicted octanol–water partition coefficient (Wildman–Crippen LogP) is 2.91. The van der Waals surface area contributed by atoms with Crippen LogP contribution in [0.5, 0.6) is 11.5 Å². The van der Waals surface area contributed by atoms with E-state index < -0.39 is 0 Å². The lowest BCUT2D eigenvalue weighted by Crippen LogP contribution is -2.26. The number of carbonyl (C=O) groups is 1. The van der Waals surface area contributed by atoms with Crippen molar-refractivity contribution in [2.24, 2.45) is 5.92 Å². The first kappa shape index (κ1) is 19.3. The van der Waals surface area contributed by atoms with Gasteiger partial charge in [-0.25, -0.2) is 9.97 Å². The molecular weight excluding hydrogens is 392 g/mol. The molecule has 4 rings (SSSR count). The normalized spacial score (nSPS) is 12.5. The highest BCUT2D eigenvalue weighted by atomic mass is 32.2. The minimum Gasteiger partial charge on any atom is -0.454 e. The molecule has 1 aromatic carbocycles. The second kappa shape index (κ2) is 8.12. The maximum atomic E-state index is 12.9. The number of amides is 1. The molecule has 29 heavy (non-hydrogen) atoms. The molecule has 0 unspecified atom stereocenters. The molecule has 150 valence electrons. The number of hydrogen-bond donors (Lipinski definition) is 1. The molecule has 1 aliphatic rings. The molecule has 0 fully saturated rings. The standard InChI is InChI=1S/C20H20N4O4S/c1-12(2)9-24-19(26)14-4-3-7-21-18(14)23-20(24)29-10-17(25)22-13-5-6-15-16(8-13)28-11-27-15/h3-8,12H,9-11H2,1-2H3,(H,22,25). The van der Waals surface area contributed by atoms with Crippen molar-refractivity contribution in [1.82, 2.24) is 14.5 Å². The monoisotopic (exact) mass is 412 g/mol. The van der Waals surface area contributed by atoms with Crippen molar-refractivity contribution >= 4 is 34.4 Å². The van der Waals surface area contributed by atoms with E-state index in [4.69, 9.17) is 9.47 Å². The number of ether oxygens (including phenoxy) is 2. The number of nitrogens with one attached hydrogen (secondary N) is 1. The number of benzene rings is 1. The van der Waals surface area contributed by atoms with Crippen LogP contribution in [-0.4, -0.2) is 33.0 Å². The maximum absolute atomic E-state index is 12.9. The Kier molecular flexibility index (Phi) is 5.39. The molecule has 3 aromatic rings. The number of fused-ring (bicyclic) bond motifs is 2. The molecule has 0 atom stereocenters. The molecule has 3 heterocycles. The summed E-state index contributed by atoms with van der Waals surface area (Å²) in [7, 11) is 0. The Morgan fingerprint density at radius 1 is 1.28 bits per heavy atom. The topological polar surface area (TPSA) is 95.3 Å². The quantitative estimate of drug-likeness (QED) is 0.491. The molecule has 0 bridgehead atoms. The molecule has 0 saturated heterocycles. The number of aromatic nitrogens is 3. The Balaban J connectivity index is 1.52. The molecule has 0 spiro atoms. The minimum atomic E-state index is -0.208. The van der Waals surface area contributed by atoms with Crippen LogP contribution in [0.4, 0.5) is 5.69 Å². The van der Waals surface area contributed by atoms with Gasteiger partial charge in [-0.15, -0.1) is 0 Å². The third-order valence-electron chi connectivity index (χ3n) is 4.23. The van der Waals surface area contributed by atoms with E-state index in [0.29, 0.717) is 39.9 Å². The van der Waals surface area contributed by atoms with Gasteiger partial charge in [0, 0.05) is 24.5 Å². The number of rotatable bonds is 6. The van der Waals surface area contributed by atoms with Crippen LogP contribution in [0.2, 0.25) is 0 Å². The lowest BCUT2D eigenvalue weighted by molar-refractivity contribution is -0.113. The van der Waals surface area contributed by atoms with Gasteiger partial charge in [-0.2, -0.15) is 0 Å². The van der Waals surface area contributed by atoms with Crippen molar-refractivity contribution in [3.8, 4) is 11.5 Å². The van der Waals surface area contributed by atoms with Gasteiger partial charge in [-0.05, 0) is 30.2 Å². The molecule has 0 saturated carbocycles. The summed E-state index contributed by atoms with van der Waals surface area (Å²) in [6.07, 6.45) is 1.60. The van der Waals surface area contributed by atoms with Gasteiger partial charge in [0.1, 0.15) is 0 Å². The number of pyridine rings is 1. The minimum absolute atomic E-state index is 0.108. The van der Waals surface area contributed by atoms with Crippen molar-refractivity contribution in [2.45, 2.75) is 25.5 Å². The summed E-state index contributed by atoms with van der Waals surface area (Å²) in [5.41, 5.74) is 0.860. The van der Waals surface area contributed by atoms with Crippen molar-refractivity contribution in [3.63, 3.8) is 0 Å². The van der Waals surface area contributed by atoms with E-state index in [1.54, 1.807) is 41.1 Å². The number of anilines is 1. The summed E-state index contributed by atoms with van der Waals surface area (Å²) in [6.45, 7) is 4.75. The Hall–Kier alpha value is -3.07. The van der Waals surface area contributed by atoms with Crippen molar-refractivity contribution in [1.29, 1.82) is 0 Å². The maximum Gasteiger partial charge on any atom is 0.263 e. The van der Waals surface area contributed by atoms with E-state index in [1.165, 1.54) is 11.8 Å². The summed E-state index contributed by atoms with van der Waals surface area (Å²) >= 11 is 1.21. The fraction of sp³-hybridized carbons (Fsp3) is 0.300. The SMILES string of the molecule is CC(C)Cn1c(SCC(=O)Nc2ccc3c(c2)OCO3)nc2ncccc2c1=O. The number of thioether (sulfide) groups is 1. The van der Waals surface area contributed by atoms with E-state index >= 15 is 0 Å². The zero-order valence-electron chi connectivity index (χ0n) is 16.0. The lowest BCUT2D eigenvalue weighted by atomic mass is 10.2. The lowest BCUT2D eigenvalue weighted by Gasteiger charge is -2.14. The van der Waals surface area contributed by atoms with Gasteiger partial charge in [0.25, 0.3) is 5.56 Å². The van der Waals surface area contributed by atoms with Crippen LogP contribution >= 0.6 is 11.8 Å². The fourth-order valence-electron chi connectivity index (χ4n) is 2.97. The van der Waals surface area contributed by atoms with Crippen LogP contribution in [0.25, 0.3) is 11.0 Å². The second-order valence-corrected chi connectivity index (χ2v) is 7.93. The zero-order chi connectivity index (χ0) is 20.4. The smallest absolute Gasteiger partial charge is 0.263 e. The highest BCUT2D eigenvalue weighted by Gasteiger charge is 2.16. The molecule has 1 aliphatic heterocycles. The summed E-state index contributed by atoms with van der Waals surface area (Å²) in [5.74, 6) is 1.41. The van der Waals surface area contributed by atoms with Crippen LogP contribution in [0.3, 0.4) is 0 Å². The molecule has 1 N–H and O–H groups in total. The van der Waals surface area contributed by atoms with E-state index in [9.17, 15) is 9.59 Å². The number of hydrogen-bond acceptors (Lipinski definition) is 7. The summed E-state index contributed by atoms with van der Waals surface area (Å²) in [4.78, 5) is 34.0. The third kappa shape index (κ3) is 4.19. The molecule has 9 heteroatoms. The Morgan fingerprint density at radius 3 is 2.93 bits per heavy atom. The largest absolute Gasteiger partial charge is 0.454 e. The van der Waals surface area contributed by atoms with E-state index in [1.807, 2.05) is 13.8 Å². The summed E-state index contributed by atoms with van der Waals surface area (Å²) < 4.78 is 12.2. The van der Waals surface area contributed by atoms with E-state index in [-0.39, 0.29) is 29.9 Å². The van der Waals surface area contributed by atoms with Gasteiger partial charge < -0.3 is 14.8 Å². The van der Waals surface area contributed by atoms with Gasteiger partial charge in [-0.1, -0.05) is 25.6 Å². The first-order chi connectivity index (χ1) is 14.0. The van der Waals surface area contributed by atoms with Gasteiger partial charge in [-0.3, -0.25) is 14.2 Å². The predicted molar refractivity (Wildman–Crippen MR) is 111 cm³/mol. The highest BCUT2D eigenvalue weighted by molar-refractivity contribution is 7.99. The second-order valence-electron chi connectivity index (χ2n) is 6.98. The average Bonchev–Trinajstić information content (AvgIpc) is 3.16. The summed E-state index contributed by atoms with van der Waals surface area (Å²) in [5, 5.41) is 3.78. The Labute approximate surface area is 171 Å². The molecular formula is C20H20N4O4S. The van der Waals surface area contributed by atoms with Crippen LogP contribution < -0.4 is 20.3 Å². The fourth-order valence-corrected chi connectivity index (χ4v) is 3.77. The Morgan fingerprint density at radius 2 is 2.10 bits per heavy atom. The highest BCUT2D eigenvalue weighted by Crippen LogP contribution is 2.34.